The topological polar surface area (TPSA) is 26.3 Å². The summed E-state index contributed by atoms with van der Waals surface area (Å²) in [6.07, 6.45) is 11.7. The molecule has 0 atom stereocenters. The molecule has 0 radical (unpaired) electrons. The van der Waals surface area contributed by atoms with Crippen molar-refractivity contribution in [2.75, 3.05) is 6.61 Å². The predicted molar refractivity (Wildman–Crippen MR) is 148 cm³/mol. The highest BCUT2D eigenvalue weighted by Gasteiger charge is 2.02. The molecule has 0 heterocycles. The molecule has 0 spiro atoms. The minimum atomic E-state index is -0.339. The van der Waals surface area contributed by atoms with Crippen LogP contribution < -0.4 is 0 Å². The molecule has 3 rings (SSSR count). The van der Waals surface area contributed by atoms with Gasteiger partial charge in [-0.25, -0.2) is 4.39 Å². The monoisotopic (exact) mass is 484 g/mol. The molecule has 0 aliphatic carbocycles. The third-order valence-electron chi connectivity index (χ3n) is 6.26. The number of halogens is 1. The van der Waals surface area contributed by atoms with Crippen molar-refractivity contribution in [3.05, 3.63) is 119 Å². The van der Waals surface area contributed by atoms with Gasteiger partial charge >= 0.3 is 0 Å². The first-order chi connectivity index (χ1) is 17.5. The molecule has 3 heteroatoms. The Kier molecular flexibility index (Phi) is 11.3. The molecule has 0 unspecified atom stereocenters. The van der Waals surface area contributed by atoms with E-state index in [4.69, 9.17) is 4.74 Å². The standard InChI is InChI=1S/C33H37FO2/c1-26(2)30-17-14-29(15-18-30)25-36-24-8-6-4-3-5-7-9-27-10-12-28(13-11-27)16-23-33(35)31-19-21-32(34)22-20-31/h10-23H,1,3-9,24-25H2,2H3. The normalized spacial score (nSPS) is 11.2. The van der Waals surface area contributed by atoms with Crippen LogP contribution >= 0.6 is 0 Å². The van der Waals surface area contributed by atoms with Crippen molar-refractivity contribution in [2.24, 2.45) is 0 Å². The molecular formula is C33H37FO2. The van der Waals surface area contributed by atoms with Crippen LogP contribution in [0.1, 0.15) is 78.1 Å². The van der Waals surface area contributed by atoms with Crippen LogP contribution in [-0.2, 0) is 17.8 Å². The van der Waals surface area contributed by atoms with E-state index >= 15 is 0 Å². The number of rotatable bonds is 15. The van der Waals surface area contributed by atoms with Gasteiger partial charge in [0.25, 0.3) is 0 Å². The SMILES string of the molecule is C=C(C)c1ccc(COCCCCCCCCc2ccc(C=CC(=O)c3ccc(F)cc3)cc2)cc1. The highest BCUT2D eigenvalue weighted by atomic mass is 19.1. The van der Waals surface area contributed by atoms with Crippen LogP contribution in [0.2, 0.25) is 0 Å². The first-order valence-electron chi connectivity index (χ1n) is 12.9. The second-order valence-corrected chi connectivity index (χ2v) is 9.35. The molecule has 0 aliphatic rings. The first-order valence-corrected chi connectivity index (χ1v) is 12.9. The molecule has 36 heavy (non-hydrogen) atoms. The molecule has 0 aromatic heterocycles. The van der Waals surface area contributed by atoms with Crippen molar-refractivity contribution in [1.82, 2.24) is 0 Å². The average Bonchev–Trinajstić information content (AvgIpc) is 2.89. The van der Waals surface area contributed by atoms with Gasteiger partial charge in [-0.3, -0.25) is 4.79 Å². The van der Waals surface area contributed by atoms with Gasteiger partial charge in [-0.1, -0.05) is 92.4 Å². The summed E-state index contributed by atoms with van der Waals surface area (Å²) in [6, 6.07) is 22.4. The largest absolute Gasteiger partial charge is 0.377 e. The van der Waals surface area contributed by atoms with E-state index in [0.29, 0.717) is 12.2 Å². The van der Waals surface area contributed by atoms with Gasteiger partial charge in [0.15, 0.2) is 5.78 Å². The van der Waals surface area contributed by atoms with Crippen LogP contribution in [0.5, 0.6) is 0 Å². The number of carbonyl (C=O) groups excluding carboxylic acids is 1. The lowest BCUT2D eigenvalue weighted by atomic mass is 10.0. The minimum absolute atomic E-state index is 0.126. The maximum absolute atomic E-state index is 13.0. The van der Waals surface area contributed by atoms with Crippen LogP contribution in [0.4, 0.5) is 4.39 Å². The predicted octanol–water partition coefficient (Wildman–Crippen LogP) is 8.85. The van der Waals surface area contributed by atoms with Crippen molar-refractivity contribution in [2.45, 2.75) is 58.5 Å². The van der Waals surface area contributed by atoms with Gasteiger partial charge in [0.2, 0.25) is 0 Å². The molecule has 3 aromatic rings. The zero-order chi connectivity index (χ0) is 25.6. The summed E-state index contributed by atoms with van der Waals surface area (Å²) in [5, 5.41) is 0. The fourth-order valence-electron chi connectivity index (χ4n) is 3.99. The van der Waals surface area contributed by atoms with Crippen LogP contribution in [0, 0.1) is 5.82 Å². The Balaban J connectivity index is 1.22. The van der Waals surface area contributed by atoms with Crippen molar-refractivity contribution >= 4 is 17.4 Å². The zero-order valence-electron chi connectivity index (χ0n) is 21.3. The number of unbranched alkanes of at least 4 members (excludes halogenated alkanes) is 5. The van der Waals surface area contributed by atoms with Gasteiger partial charge in [0, 0.05) is 12.2 Å². The number of hydrogen-bond acceptors (Lipinski definition) is 2. The lowest BCUT2D eigenvalue weighted by molar-refractivity contribution is 0.104. The van der Waals surface area contributed by atoms with E-state index < -0.39 is 0 Å². The van der Waals surface area contributed by atoms with E-state index in [1.54, 1.807) is 6.08 Å². The Labute approximate surface area is 215 Å². The van der Waals surface area contributed by atoms with Crippen LogP contribution in [0.15, 0.2) is 85.5 Å². The second-order valence-electron chi connectivity index (χ2n) is 9.35. The van der Waals surface area contributed by atoms with Crippen molar-refractivity contribution < 1.29 is 13.9 Å². The fraction of sp³-hybridized carbons (Fsp3) is 0.303. The fourth-order valence-corrected chi connectivity index (χ4v) is 3.99. The van der Waals surface area contributed by atoms with Crippen LogP contribution in [0.3, 0.4) is 0 Å². The molecule has 3 aromatic carbocycles. The summed E-state index contributed by atoms with van der Waals surface area (Å²) >= 11 is 0. The van der Waals surface area contributed by atoms with Gasteiger partial charge in [0.1, 0.15) is 5.82 Å². The van der Waals surface area contributed by atoms with E-state index in [0.717, 1.165) is 30.6 Å². The third-order valence-corrected chi connectivity index (χ3v) is 6.26. The van der Waals surface area contributed by atoms with Gasteiger partial charge in [0.05, 0.1) is 6.61 Å². The van der Waals surface area contributed by atoms with E-state index in [2.05, 4.69) is 43.0 Å². The summed E-state index contributed by atoms with van der Waals surface area (Å²) < 4.78 is 18.8. The average molecular weight is 485 g/mol. The molecule has 0 fully saturated rings. The van der Waals surface area contributed by atoms with Crippen molar-refractivity contribution in [1.29, 1.82) is 0 Å². The molecule has 0 saturated heterocycles. The number of hydrogen-bond donors (Lipinski definition) is 0. The summed E-state index contributed by atoms with van der Waals surface area (Å²) in [6.45, 7) is 7.48. The summed E-state index contributed by atoms with van der Waals surface area (Å²) in [7, 11) is 0. The lowest BCUT2D eigenvalue weighted by Crippen LogP contribution is -1.96. The maximum atomic E-state index is 13.0. The Hall–Kier alpha value is -3.30. The van der Waals surface area contributed by atoms with Gasteiger partial charge < -0.3 is 4.74 Å². The first kappa shape index (κ1) is 27.3. The Morgan fingerprint density at radius 2 is 1.36 bits per heavy atom. The molecule has 0 aliphatic heterocycles. The number of allylic oxidation sites excluding steroid dienone is 2. The Morgan fingerprint density at radius 1 is 0.778 bits per heavy atom. The maximum Gasteiger partial charge on any atom is 0.185 e. The Bertz CT molecular complexity index is 1110. The summed E-state index contributed by atoms with van der Waals surface area (Å²) in [5.74, 6) is -0.465. The molecule has 188 valence electrons. The third kappa shape index (κ3) is 9.75. The van der Waals surface area contributed by atoms with Gasteiger partial charge in [-0.15, -0.1) is 0 Å². The summed E-state index contributed by atoms with van der Waals surface area (Å²) in [4.78, 5) is 12.2. The van der Waals surface area contributed by atoms with Crippen LogP contribution in [-0.4, -0.2) is 12.4 Å². The van der Waals surface area contributed by atoms with Gasteiger partial charge in [-0.2, -0.15) is 0 Å². The lowest BCUT2D eigenvalue weighted by Gasteiger charge is -2.06. The van der Waals surface area contributed by atoms with Crippen molar-refractivity contribution in [3.8, 4) is 0 Å². The number of aryl methyl sites for hydroxylation is 1. The minimum Gasteiger partial charge on any atom is -0.377 e. The smallest absolute Gasteiger partial charge is 0.185 e. The Morgan fingerprint density at radius 3 is 2.03 bits per heavy atom. The second kappa shape index (κ2) is 15.0. The number of carbonyl (C=O) groups is 1. The number of ether oxygens (including phenoxy) is 1. The molecule has 2 nitrogen and oxygen atoms in total. The van der Waals surface area contributed by atoms with Crippen LogP contribution in [0.25, 0.3) is 11.6 Å². The summed E-state index contributed by atoms with van der Waals surface area (Å²) in [5.41, 5.74) is 6.27. The van der Waals surface area contributed by atoms with E-state index in [1.807, 2.05) is 19.1 Å². The number of ketones is 1. The highest BCUT2D eigenvalue weighted by Crippen LogP contribution is 2.15. The van der Waals surface area contributed by atoms with Gasteiger partial charge in [-0.05, 0) is 78.8 Å². The van der Waals surface area contributed by atoms with E-state index in [-0.39, 0.29) is 11.6 Å². The highest BCUT2D eigenvalue weighted by molar-refractivity contribution is 6.06. The number of benzene rings is 3. The quantitative estimate of drug-likeness (QED) is 0.122. The van der Waals surface area contributed by atoms with E-state index in [9.17, 15) is 9.18 Å². The zero-order valence-corrected chi connectivity index (χ0v) is 21.3. The molecule has 0 bridgehead atoms. The molecule has 0 N–H and O–H groups in total. The molecule has 0 amide bonds. The molecular weight excluding hydrogens is 447 g/mol. The van der Waals surface area contributed by atoms with E-state index in [1.165, 1.54) is 79.1 Å². The molecule has 0 saturated carbocycles. The van der Waals surface area contributed by atoms with Crippen molar-refractivity contribution in [3.63, 3.8) is 0 Å².